The molecule has 13 heteroatoms. The number of fused-ring (bicyclic) bond motifs is 3. The molecule has 186 valence electrons. The summed E-state index contributed by atoms with van der Waals surface area (Å²) in [6.45, 7) is 1.65. The number of ether oxygens (including phenoxy) is 2. The molecule has 2 aromatic heterocycles. The molecule has 1 fully saturated rings. The number of rotatable bonds is 4. The van der Waals surface area contributed by atoms with Crippen LogP contribution in [-0.4, -0.2) is 72.7 Å². The van der Waals surface area contributed by atoms with E-state index >= 15 is 0 Å². The molecule has 36 heavy (non-hydrogen) atoms. The van der Waals surface area contributed by atoms with Gasteiger partial charge in [0.2, 0.25) is 0 Å². The van der Waals surface area contributed by atoms with Gasteiger partial charge in [0.15, 0.2) is 15.5 Å². The van der Waals surface area contributed by atoms with E-state index in [4.69, 9.17) is 9.47 Å². The molecule has 0 bridgehead atoms. The monoisotopic (exact) mass is 512 g/mol. The molecule has 0 radical (unpaired) electrons. The van der Waals surface area contributed by atoms with E-state index in [0.29, 0.717) is 23.1 Å². The van der Waals surface area contributed by atoms with Crippen LogP contribution >= 0.6 is 0 Å². The molecular formula is C23H20N4O8S. The number of aromatic nitrogens is 3. The van der Waals surface area contributed by atoms with Crippen molar-refractivity contribution in [1.29, 1.82) is 0 Å². The minimum absolute atomic E-state index is 0.0235. The average molecular weight is 513 g/mol. The summed E-state index contributed by atoms with van der Waals surface area (Å²) >= 11 is 0. The van der Waals surface area contributed by atoms with Gasteiger partial charge in [0, 0.05) is 6.20 Å². The first-order valence-electron chi connectivity index (χ1n) is 10.8. The van der Waals surface area contributed by atoms with Crippen molar-refractivity contribution in [1.82, 2.24) is 14.8 Å². The lowest BCUT2D eigenvalue weighted by Gasteiger charge is -2.16. The van der Waals surface area contributed by atoms with E-state index in [1.165, 1.54) is 29.1 Å². The predicted molar refractivity (Wildman–Crippen MR) is 125 cm³/mol. The maximum absolute atomic E-state index is 13.6. The first-order valence-corrected chi connectivity index (χ1v) is 12.7. The first-order chi connectivity index (χ1) is 17.1. The smallest absolute Gasteiger partial charge is 0.337 e. The number of aryl methyl sites for hydroxylation is 1. The van der Waals surface area contributed by atoms with Crippen molar-refractivity contribution < 1.29 is 37.1 Å². The second-order valence-electron chi connectivity index (χ2n) is 8.53. The summed E-state index contributed by atoms with van der Waals surface area (Å²) in [6.07, 6.45) is 1.62. The highest BCUT2D eigenvalue weighted by atomic mass is 32.2. The number of hydrogen-bond acceptors (Lipinski definition) is 10. The standard InChI is InChI=1S/C23H20N4O8S/c1-11-17-18-16(9-24-19(17)27(25-11)14-4-5-36(32,33)10-14)20(28)26(21(18)29)15-7-12(22(30)34-2)6-13(8-15)23(31)35-3/h6-9,14H,4-5,10H2,1-3H3. The first kappa shape index (κ1) is 23.6. The fraction of sp³-hybridized carbons (Fsp3) is 0.304. The Morgan fingerprint density at radius 2 is 1.67 bits per heavy atom. The van der Waals surface area contributed by atoms with Gasteiger partial charge in [-0.2, -0.15) is 5.10 Å². The maximum Gasteiger partial charge on any atom is 0.337 e. The fourth-order valence-electron chi connectivity index (χ4n) is 4.65. The number of methoxy groups -OCH3 is 2. The lowest BCUT2D eigenvalue weighted by Crippen LogP contribution is -2.30. The van der Waals surface area contributed by atoms with Gasteiger partial charge < -0.3 is 9.47 Å². The van der Waals surface area contributed by atoms with Crippen LogP contribution in [-0.2, 0) is 19.3 Å². The van der Waals surface area contributed by atoms with Crippen LogP contribution < -0.4 is 4.90 Å². The number of amides is 2. The molecule has 0 N–H and O–H groups in total. The number of anilines is 1. The summed E-state index contributed by atoms with van der Waals surface area (Å²) in [5.74, 6) is -2.98. The molecule has 1 atom stereocenters. The van der Waals surface area contributed by atoms with Gasteiger partial charge in [-0.05, 0) is 31.5 Å². The number of pyridine rings is 1. The van der Waals surface area contributed by atoms with Gasteiger partial charge in [0.05, 0.1) is 70.8 Å². The molecule has 0 spiro atoms. The highest BCUT2D eigenvalue weighted by Crippen LogP contribution is 2.36. The topological polar surface area (TPSA) is 155 Å². The van der Waals surface area contributed by atoms with Crippen molar-refractivity contribution >= 4 is 50.3 Å². The highest BCUT2D eigenvalue weighted by molar-refractivity contribution is 7.91. The van der Waals surface area contributed by atoms with E-state index in [1.807, 2.05) is 0 Å². The number of sulfone groups is 1. The molecule has 4 heterocycles. The van der Waals surface area contributed by atoms with Crippen LogP contribution in [0.25, 0.3) is 11.0 Å². The zero-order chi connectivity index (χ0) is 25.9. The Hall–Kier alpha value is -4.13. The van der Waals surface area contributed by atoms with Gasteiger partial charge in [-0.15, -0.1) is 0 Å². The number of hydrogen-bond donors (Lipinski definition) is 0. The van der Waals surface area contributed by atoms with E-state index in [2.05, 4.69) is 10.1 Å². The summed E-state index contributed by atoms with van der Waals surface area (Å²) in [5, 5.41) is 4.80. The SMILES string of the molecule is COC(=O)c1cc(C(=O)OC)cc(N2C(=O)c3cnc4c(c(C)nn4C4CCS(=O)(=O)C4)c3C2=O)c1. The Morgan fingerprint density at radius 3 is 2.22 bits per heavy atom. The third-order valence-corrected chi connectivity index (χ3v) is 8.07. The van der Waals surface area contributed by atoms with Crippen LogP contribution in [0.2, 0.25) is 0 Å². The van der Waals surface area contributed by atoms with Crippen LogP contribution in [0.15, 0.2) is 24.4 Å². The largest absolute Gasteiger partial charge is 0.465 e. The van der Waals surface area contributed by atoms with E-state index < -0.39 is 39.6 Å². The van der Waals surface area contributed by atoms with Crippen LogP contribution in [0.5, 0.6) is 0 Å². The number of carbonyl (C=O) groups excluding carboxylic acids is 4. The van der Waals surface area contributed by atoms with Crippen molar-refractivity contribution in [3.8, 4) is 0 Å². The molecule has 1 unspecified atom stereocenters. The van der Waals surface area contributed by atoms with Crippen LogP contribution in [0, 0.1) is 6.92 Å². The van der Waals surface area contributed by atoms with Gasteiger partial charge >= 0.3 is 11.9 Å². The molecule has 2 aliphatic heterocycles. The molecule has 5 rings (SSSR count). The number of nitrogens with zero attached hydrogens (tertiary/aromatic N) is 4. The molecule has 3 aromatic rings. The summed E-state index contributed by atoms with van der Waals surface area (Å²) in [6, 6.07) is 3.34. The van der Waals surface area contributed by atoms with Gasteiger partial charge in [-0.1, -0.05) is 0 Å². The van der Waals surface area contributed by atoms with Crippen molar-refractivity contribution in [3.05, 3.63) is 52.3 Å². The highest BCUT2D eigenvalue weighted by Gasteiger charge is 2.41. The lowest BCUT2D eigenvalue weighted by molar-refractivity contribution is 0.0597. The van der Waals surface area contributed by atoms with Crippen LogP contribution in [0.1, 0.15) is 59.6 Å². The summed E-state index contributed by atoms with van der Waals surface area (Å²) < 4.78 is 35.0. The van der Waals surface area contributed by atoms with Gasteiger partial charge in [-0.3, -0.25) is 9.59 Å². The summed E-state index contributed by atoms with van der Waals surface area (Å²) in [7, 11) is -0.879. The Labute approximate surface area is 204 Å². The van der Waals surface area contributed by atoms with Gasteiger partial charge in [0.1, 0.15) is 0 Å². The second kappa shape index (κ2) is 8.22. The Bertz CT molecular complexity index is 1570. The number of imide groups is 1. The zero-order valence-electron chi connectivity index (χ0n) is 19.5. The molecular weight excluding hydrogens is 492 g/mol. The quantitative estimate of drug-likeness (QED) is 0.371. The van der Waals surface area contributed by atoms with E-state index in [-0.39, 0.29) is 39.4 Å². The average Bonchev–Trinajstić information content (AvgIpc) is 3.48. The van der Waals surface area contributed by atoms with Crippen LogP contribution in [0.4, 0.5) is 5.69 Å². The van der Waals surface area contributed by atoms with Crippen molar-refractivity contribution in [3.63, 3.8) is 0 Å². The second-order valence-corrected chi connectivity index (χ2v) is 10.8. The van der Waals surface area contributed by atoms with Gasteiger partial charge in [-0.25, -0.2) is 32.6 Å². The number of carbonyl (C=O) groups is 4. The Morgan fingerprint density at radius 1 is 1.03 bits per heavy atom. The molecule has 2 aliphatic rings. The van der Waals surface area contributed by atoms with Crippen LogP contribution in [0.3, 0.4) is 0 Å². The maximum atomic E-state index is 13.6. The van der Waals surface area contributed by atoms with E-state index in [0.717, 1.165) is 19.1 Å². The Kier molecular flexibility index (Phi) is 5.39. The normalized spacial score (nSPS) is 18.5. The number of esters is 2. The predicted octanol–water partition coefficient (Wildman–Crippen LogP) is 1.47. The Balaban J connectivity index is 1.64. The van der Waals surface area contributed by atoms with Gasteiger partial charge in [0.25, 0.3) is 11.8 Å². The molecule has 1 saturated heterocycles. The van der Waals surface area contributed by atoms with E-state index in [1.54, 1.807) is 6.92 Å². The molecule has 0 saturated carbocycles. The zero-order valence-corrected chi connectivity index (χ0v) is 20.3. The molecule has 12 nitrogen and oxygen atoms in total. The van der Waals surface area contributed by atoms with Crippen molar-refractivity contribution in [2.24, 2.45) is 0 Å². The summed E-state index contributed by atoms with van der Waals surface area (Å²) in [5.41, 5.74) is 0.679. The molecule has 2 amide bonds. The third kappa shape index (κ3) is 3.54. The minimum atomic E-state index is -3.20. The fourth-order valence-corrected chi connectivity index (χ4v) is 6.35. The summed E-state index contributed by atoms with van der Waals surface area (Å²) in [4.78, 5) is 56.5. The van der Waals surface area contributed by atoms with E-state index in [9.17, 15) is 27.6 Å². The lowest BCUT2D eigenvalue weighted by atomic mass is 10.1. The number of benzene rings is 1. The molecule has 0 aliphatic carbocycles. The van der Waals surface area contributed by atoms with Crippen molar-refractivity contribution in [2.45, 2.75) is 19.4 Å². The minimum Gasteiger partial charge on any atom is -0.465 e. The van der Waals surface area contributed by atoms with Crippen molar-refractivity contribution in [2.75, 3.05) is 30.6 Å². The molecule has 1 aromatic carbocycles. The third-order valence-electron chi connectivity index (χ3n) is 6.32.